The van der Waals surface area contributed by atoms with Crippen LogP contribution >= 0.6 is 0 Å². The van der Waals surface area contributed by atoms with Crippen LogP contribution in [0.25, 0.3) is 0 Å². The molecule has 1 amide bonds. The molecule has 0 aliphatic rings. The largest absolute Gasteiger partial charge is 0.394 e. The van der Waals surface area contributed by atoms with Crippen LogP contribution in [-0.4, -0.2) is 46.1 Å². The van der Waals surface area contributed by atoms with Gasteiger partial charge in [0, 0.05) is 0 Å². The fourth-order valence-corrected chi connectivity index (χ4v) is 4.75. The number of hydrogen-bond acceptors (Lipinski definition) is 4. The molecule has 0 saturated heterocycles. The van der Waals surface area contributed by atoms with Crippen molar-refractivity contribution in [2.75, 3.05) is 6.61 Å². The summed E-state index contributed by atoms with van der Waals surface area (Å²) in [6.45, 7) is 4.10. The summed E-state index contributed by atoms with van der Waals surface area (Å²) in [7, 11) is 0. The molecule has 0 spiro atoms. The maximum atomic E-state index is 12.3. The molecule has 5 nitrogen and oxygen atoms in total. The van der Waals surface area contributed by atoms with E-state index in [1.807, 2.05) is 6.08 Å². The Kier molecular flexibility index (Phi) is 31.5. The second-order valence-corrected chi connectivity index (χ2v) is 11.7. The van der Waals surface area contributed by atoms with E-state index in [4.69, 9.17) is 0 Å². The number of rotatable bonds is 30. The number of aliphatic hydroxyl groups excluding tert-OH is 3. The zero-order valence-electron chi connectivity index (χ0n) is 27.8. The lowest BCUT2D eigenvalue weighted by atomic mass is 10.0. The first-order valence-corrected chi connectivity index (χ1v) is 17.6. The molecule has 0 heterocycles. The number of carbonyl (C=O) groups excluding carboxylic acids is 1. The smallest absolute Gasteiger partial charge is 0.222 e. The molecule has 43 heavy (non-hydrogen) atoms. The third kappa shape index (κ3) is 29.9. The van der Waals surface area contributed by atoms with E-state index in [1.54, 1.807) is 6.08 Å². The maximum Gasteiger partial charge on any atom is 0.222 e. The van der Waals surface area contributed by atoms with Gasteiger partial charge in [-0.1, -0.05) is 126 Å². The summed E-state index contributed by atoms with van der Waals surface area (Å²) >= 11 is 0. The molecule has 248 valence electrons. The lowest BCUT2D eigenvalue weighted by molar-refractivity contribution is -0.124. The molecule has 5 heteroatoms. The minimum atomic E-state index is -0.963. The van der Waals surface area contributed by atoms with E-state index in [2.05, 4.69) is 67.8 Å². The molecule has 0 rings (SSSR count). The standard InChI is InChI=1S/C38H67NO4/c1-3-5-7-9-11-13-15-17-18-20-21-23-25-27-29-31-35(41)33-38(43)39-36(34-40)37(42)32-30-28-26-24-22-19-16-14-12-10-8-6-4-2/h11-14,17-18,22,24,30,32,35-37,40-42H,3-10,15-16,19-21,23,25-29,31,33-34H2,1-2H3,(H,39,43)/b13-11-,14-12+,18-17-,24-22+,32-30+. The molecular weight excluding hydrogens is 534 g/mol. The van der Waals surface area contributed by atoms with Gasteiger partial charge in [0.05, 0.1) is 31.3 Å². The molecular formula is C38H67NO4. The van der Waals surface area contributed by atoms with Crippen molar-refractivity contribution in [3.8, 4) is 0 Å². The van der Waals surface area contributed by atoms with E-state index in [9.17, 15) is 20.1 Å². The fraction of sp³-hybridized carbons (Fsp3) is 0.711. The second kappa shape index (κ2) is 33.0. The van der Waals surface area contributed by atoms with Crippen molar-refractivity contribution in [2.45, 2.75) is 167 Å². The topological polar surface area (TPSA) is 89.8 Å². The van der Waals surface area contributed by atoms with Crippen molar-refractivity contribution in [3.05, 3.63) is 60.8 Å². The Morgan fingerprint density at radius 3 is 1.63 bits per heavy atom. The normalized spacial score (nSPS) is 14.6. The molecule has 3 atom stereocenters. The van der Waals surface area contributed by atoms with Crippen LogP contribution in [0.5, 0.6) is 0 Å². The van der Waals surface area contributed by atoms with Gasteiger partial charge in [0.2, 0.25) is 5.91 Å². The Morgan fingerprint density at radius 2 is 1.07 bits per heavy atom. The van der Waals surface area contributed by atoms with Gasteiger partial charge in [-0.15, -0.1) is 0 Å². The zero-order valence-corrected chi connectivity index (χ0v) is 27.8. The molecule has 0 bridgehead atoms. The fourth-order valence-electron chi connectivity index (χ4n) is 4.75. The molecule has 0 aromatic carbocycles. The third-order valence-electron chi connectivity index (χ3n) is 7.51. The Hall–Kier alpha value is -1.95. The van der Waals surface area contributed by atoms with Crippen LogP contribution in [-0.2, 0) is 4.79 Å². The highest BCUT2D eigenvalue weighted by atomic mass is 16.3. The van der Waals surface area contributed by atoms with Crippen LogP contribution in [0, 0.1) is 0 Å². The first-order chi connectivity index (χ1) is 21.0. The summed E-state index contributed by atoms with van der Waals surface area (Å²) in [5.74, 6) is -0.344. The van der Waals surface area contributed by atoms with Gasteiger partial charge in [-0.3, -0.25) is 4.79 Å². The molecule has 0 saturated carbocycles. The minimum absolute atomic E-state index is 0.0104. The van der Waals surface area contributed by atoms with Gasteiger partial charge >= 0.3 is 0 Å². The molecule has 0 aliphatic heterocycles. The van der Waals surface area contributed by atoms with Crippen LogP contribution in [0.3, 0.4) is 0 Å². The van der Waals surface area contributed by atoms with Crippen LogP contribution in [0.2, 0.25) is 0 Å². The van der Waals surface area contributed by atoms with Crippen LogP contribution in [0.1, 0.15) is 149 Å². The lowest BCUT2D eigenvalue weighted by Crippen LogP contribution is -2.45. The maximum absolute atomic E-state index is 12.3. The van der Waals surface area contributed by atoms with Crippen molar-refractivity contribution in [1.82, 2.24) is 5.32 Å². The highest BCUT2D eigenvalue weighted by Crippen LogP contribution is 2.11. The van der Waals surface area contributed by atoms with Gasteiger partial charge in [0.25, 0.3) is 0 Å². The highest BCUT2D eigenvalue weighted by Gasteiger charge is 2.20. The molecule has 0 aromatic rings. The van der Waals surface area contributed by atoms with Gasteiger partial charge in [-0.25, -0.2) is 0 Å². The monoisotopic (exact) mass is 602 g/mol. The number of unbranched alkanes of at least 4 members (excludes halogenated alkanes) is 13. The Morgan fingerprint density at radius 1 is 0.605 bits per heavy atom. The third-order valence-corrected chi connectivity index (χ3v) is 7.51. The Labute approximate surface area is 265 Å². The number of carbonyl (C=O) groups is 1. The van der Waals surface area contributed by atoms with Gasteiger partial charge in [-0.05, 0) is 77.0 Å². The van der Waals surface area contributed by atoms with Crippen LogP contribution in [0.15, 0.2) is 60.8 Å². The average Bonchev–Trinajstić information content (AvgIpc) is 3.00. The molecule has 0 fully saturated rings. The predicted octanol–water partition coefficient (Wildman–Crippen LogP) is 9.20. The summed E-state index contributed by atoms with van der Waals surface area (Å²) in [5, 5.41) is 32.9. The summed E-state index contributed by atoms with van der Waals surface area (Å²) in [4.78, 5) is 12.3. The number of allylic oxidation sites excluding steroid dienone is 9. The number of aliphatic hydroxyl groups is 3. The first-order valence-electron chi connectivity index (χ1n) is 17.6. The van der Waals surface area contributed by atoms with Gasteiger partial charge in [0.1, 0.15) is 0 Å². The molecule has 0 radical (unpaired) electrons. The van der Waals surface area contributed by atoms with E-state index < -0.39 is 18.2 Å². The van der Waals surface area contributed by atoms with E-state index in [-0.39, 0.29) is 18.9 Å². The van der Waals surface area contributed by atoms with Crippen LogP contribution in [0.4, 0.5) is 0 Å². The molecule has 3 unspecified atom stereocenters. The Bertz CT molecular complexity index is 755. The van der Waals surface area contributed by atoms with Crippen molar-refractivity contribution in [2.24, 2.45) is 0 Å². The average molecular weight is 602 g/mol. The molecule has 4 N–H and O–H groups in total. The molecule has 0 aliphatic carbocycles. The van der Waals surface area contributed by atoms with Crippen molar-refractivity contribution in [1.29, 1.82) is 0 Å². The number of nitrogens with one attached hydrogen (secondary N) is 1. The summed E-state index contributed by atoms with van der Waals surface area (Å²) in [5.41, 5.74) is 0. The Balaban J connectivity index is 3.88. The van der Waals surface area contributed by atoms with E-state index in [0.717, 1.165) is 57.8 Å². The lowest BCUT2D eigenvalue weighted by Gasteiger charge is -2.20. The van der Waals surface area contributed by atoms with E-state index in [0.29, 0.717) is 6.42 Å². The number of amides is 1. The zero-order chi connectivity index (χ0) is 31.6. The number of hydrogen-bond donors (Lipinski definition) is 4. The summed E-state index contributed by atoms with van der Waals surface area (Å²) < 4.78 is 0. The summed E-state index contributed by atoms with van der Waals surface area (Å²) in [6.07, 6.45) is 41.9. The molecule has 0 aromatic heterocycles. The van der Waals surface area contributed by atoms with E-state index >= 15 is 0 Å². The highest BCUT2D eigenvalue weighted by molar-refractivity contribution is 5.76. The second-order valence-electron chi connectivity index (χ2n) is 11.7. The first kappa shape index (κ1) is 41.0. The van der Waals surface area contributed by atoms with Gasteiger partial charge < -0.3 is 20.6 Å². The van der Waals surface area contributed by atoms with Gasteiger partial charge in [0.15, 0.2) is 0 Å². The van der Waals surface area contributed by atoms with Crippen molar-refractivity contribution < 1.29 is 20.1 Å². The quantitative estimate of drug-likeness (QED) is 0.0488. The minimum Gasteiger partial charge on any atom is -0.394 e. The SMILES string of the molecule is CCCCC/C=C\C/C=C\CCCCCCCC(O)CC(=O)NC(CO)C(O)/C=C/CC/C=C/CC/C=C/CCCCC. The van der Waals surface area contributed by atoms with E-state index in [1.165, 1.54) is 64.2 Å². The van der Waals surface area contributed by atoms with Crippen molar-refractivity contribution in [3.63, 3.8) is 0 Å². The predicted molar refractivity (Wildman–Crippen MR) is 185 cm³/mol. The van der Waals surface area contributed by atoms with Gasteiger partial charge in [-0.2, -0.15) is 0 Å². The summed E-state index contributed by atoms with van der Waals surface area (Å²) in [6, 6.07) is -0.772. The van der Waals surface area contributed by atoms with Crippen LogP contribution < -0.4 is 5.32 Å². The van der Waals surface area contributed by atoms with Crippen molar-refractivity contribution >= 4 is 5.91 Å².